The van der Waals surface area contributed by atoms with Crippen LogP contribution >= 0.6 is 0 Å². The highest BCUT2D eigenvalue weighted by molar-refractivity contribution is 6.01. The molecule has 45 heavy (non-hydrogen) atoms. The highest BCUT2D eigenvalue weighted by atomic mass is 16.9. The van der Waals surface area contributed by atoms with E-state index in [9.17, 15) is 34.4 Å². The average molecular weight is 628 g/mol. The fourth-order valence-corrected chi connectivity index (χ4v) is 8.48. The summed E-state index contributed by atoms with van der Waals surface area (Å²) in [4.78, 5) is 66.3. The van der Waals surface area contributed by atoms with Crippen LogP contribution in [0.5, 0.6) is 5.75 Å². The smallest absolute Gasteiger partial charge is 0.435 e. The van der Waals surface area contributed by atoms with Gasteiger partial charge in [0.15, 0.2) is 18.0 Å². The van der Waals surface area contributed by atoms with Gasteiger partial charge in [0, 0.05) is 16.7 Å². The predicted octanol–water partition coefficient (Wildman–Crippen LogP) is 4.67. The molecule has 3 fully saturated rings. The minimum Gasteiger partial charge on any atom is -0.435 e. The Balaban J connectivity index is 1.36. The van der Waals surface area contributed by atoms with E-state index in [4.69, 9.17) is 18.9 Å². The van der Waals surface area contributed by atoms with Crippen LogP contribution in [0.15, 0.2) is 48.1 Å². The first-order chi connectivity index (χ1) is 21.3. The van der Waals surface area contributed by atoms with E-state index in [1.807, 2.05) is 19.9 Å². The lowest BCUT2D eigenvalue weighted by Crippen LogP contribution is -2.63. The third kappa shape index (κ3) is 5.81. The van der Waals surface area contributed by atoms with Crippen LogP contribution in [-0.2, 0) is 35.2 Å². The molecule has 0 spiro atoms. The molecule has 13 heteroatoms. The Morgan fingerprint density at radius 1 is 1.13 bits per heavy atom. The summed E-state index contributed by atoms with van der Waals surface area (Å²) in [6.45, 7) is 4.37. The lowest BCUT2D eigenvalue weighted by Gasteiger charge is -2.59. The zero-order valence-corrected chi connectivity index (χ0v) is 25.4. The van der Waals surface area contributed by atoms with Gasteiger partial charge in [-0.3, -0.25) is 9.59 Å². The standard InChI is InChI=1S/C32H37NO12/c1-4-41-29(38)45-32(26(36)18-42-28(37)44-22-7-5-6-19(14-22)17-43-33(39)40)13-11-24-23-9-8-20-15-21(34)10-12-30(20,2)27(23)25(35)16-31(24,32)3/h5-7,10,12,14-15,23-25,27,35H,4,8-9,11,13,16-18H2,1-3H3/t23-,24-,25-,27+,30-,31-,32-/m0/s1. The third-order valence-corrected chi connectivity index (χ3v) is 10.3. The number of ketones is 2. The fourth-order valence-electron chi connectivity index (χ4n) is 8.48. The highest BCUT2D eigenvalue weighted by Crippen LogP contribution is 2.68. The Kier molecular flexibility index (Phi) is 8.76. The van der Waals surface area contributed by atoms with E-state index in [0.717, 1.165) is 5.57 Å². The lowest BCUT2D eigenvalue weighted by molar-refractivity contribution is -0.763. The van der Waals surface area contributed by atoms with Gasteiger partial charge in [-0.05, 0) is 80.7 Å². The molecule has 0 aliphatic heterocycles. The van der Waals surface area contributed by atoms with Crippen LogP contribution in [0, 0.1) is 38.7 Å². The fraction of sp³-hybridized carbons (Fsp3) is 0.562. The zero-order chi connectivity index (χ0) is 32.6. The maximum atomic E-state index is 14.0. The topological polar surface area (TPSA) is 178 Å². The molecule has 242 valence electrons. The van der Waals surface area contributed by atoms with Gasteiger partial charge < -0.3 is 28.9 Å². The molecule has 5 rings (SSSR count). The molecule has 7 atom stereocenters. The molecule has 4 aliphatic carbocycles. The Labute approximate surface area is 259 Å². The number of ether oxygens (including phenoxy) is 4. The van der Waals surface area contributed by atoms with Crippen molar-refractivity contribution in [3.05, 3.63) is 63.7 Å². The van der Waals surface area contributed by atoms with E-state index in [-0.39, 0.29) is 55.3 Å². The Morgan fingerprint density at radius 3 is 2.64 bits per heavy atom. The van der Waals surface area contributed by atoms with Crippen molar-refractivity contribution in [3.8, 4) is 5.75 Å². The van der Waals surface area contributed by atoms with Crippen molar-refractivity contribution in [2.75, 3.05) is 13.2 Å². The minimum atomic E-state index is -1.74. The van der Waals surface area contributed by atoms with Crippen LogP contribution in [0.2, 0.25) is 0 Å². The van der Waals surface area contributed by atoms with Crippen molar-refractivity contribution in [3.63, 3.8) is 0 Å². The van der Waals surface area contributed by atoms with E-state index in [0.29, 0.717) is 24.8 Å². The molecular formula is C32H37NO12. The number of aliphatic hydroxyl groups is 1. The monoisotopic (exact) mass is 627 g/mol. The number of benzene rings is 1. The Bertz CT molecular complexity index is 1450. The maximum absolute atomic E-state index is 14.0. The second-order valence-corrected chi connectivity index (χ2v) is 12.6. The average Bonchev–Trinajstić information content (AvgIpc) is 3.27. The molecule has 0 heterocycles. The summed E-state index contributed by atoms with van der Waals surface area (Å²) < 4.78 is 21.3. The first kappa shape index (κ1) is 32.1. The summed E-state index contributed by atoms with van der Waals surface area (Å²) >= 11 is 0. The normalized spacial score (nSPS) is 33.1. The zero-order valence-electron chi connectivity index (χ0n) is 25.4. The molecule has 1 aromatic carbocycles. The summed E-state index contributed by atoms with van der Waals surface area (Å²) in [7, 11) is 0. The summed E-state index contributed by atoms with van der Waals surface area (Å²) in [6, 6.07) is 5.81. The highest BCUT2D eigenvalue weighted by Gasteiger charge is 2.70. The van der Waals surface area contributed by atoms with E-state index in [1.54, 1.807) is 19.1 Å². The molecule has 0 amide bonds. The molecule has 0 unspecified atom stereocenters. The van der Waals surface area contributed by atoms with Gasteiger partial charge in [0.05, 0.1) is 12.7 Å². The number of rotatable bonds is 9. The Hall–Kier alpha value is -4.26. The number of carbonyl (C=O) groups is 4. The Morgan fingerprint density at radius 2 is 1.91 bits per heavy atom. The third-order valence-electron chi connectivity index (χ3n) is 10.3. The molecule has 0 radical (unpaired) electrons. The largest absolute Gasteiger partial charge is 0.514 e. The SMILES string of the molecule is CCOC(=O)O[C@]1(C(=O)COC(=O)Oc2cccc(CO[N+](=O)[O-])c2)CC[C@H]2[C@@H]3CCC4=CC(=O)C=C[C@]4(C)[C@H]3[C@@H](O)C[C@@]21C. The quantitative estimate of drug-likeness (QED) is 0.173. The first-order valence-electron chi connectivity index (χ1n) is 15.0. The molecule has 0 aromatic heterocycles. The van der Waals surface area contributed by atoms with Gasteiger partial charge in [-0.1, -0.05) is 37.6 Å². The van der Waals surface area contributed by atoms with E-state index in [2.05, 4.69) is 4.84 Å². The van der Waals surface area contributed by atoms with Gasteiger partial charge in [-0.2, -0.15) is 0 Å². The molecule has 3 saturated carbocycles. The van der Waals surface area contributed by atoms with Crippen LogP contribution in [0.1, 0.15) is 58.4 Å². The molecule has 1 aromatic rings. The van der Waals surface area contributed by atoms with Crippen LogP contribution in [0.4, 0.5) is 9.59 Å². The van der Waals surface area contributed by atoms with Gasteiger partial charge >= 0.3 is 12.3 Å². The number of fused-ring (bicyclic) bond motifs is 5. The second kappa shape index (κ2) is 12.3. The van der Waals surface area contributed by atoms with Gasteiger partial charge in [0.25, 0.3) is 5.09 Å². The van der Waals surface area contributed by atoms with Gasteiger partial charge in [0.1, 0.15) is 12.4 Å². The first-order valence-corrected chi connectivity index (χ1v) is 15.0. The number of aliphatic hydroxyl groups excluding tert-OH is 1. The van der Waals surface area contributed by atoms with E-state index >= 15 is 0 Å². The number of hydrogen-bond acceptors (Lipinski definition) is 12. The lowest BCUT2D eigenvalue weighted by atomic mass is 9.46. The molecule has 13 nitrogen and oxygen atoms in total. The molecular weight excluding hydrogens is 590 g/mol. The number of nitrogens with zero attached hydrogens (tertiary/aromatic N) is 1. The van der Waals surface area contributed by atoms with Crippen LogP contribution in [-0.4, -0.2) is 59.0 Å². The molecule has 0 saturated heterocycles. The van der Waals surface area contributed by atoms with Crippen molar-refractivity contribution in [1.82, 2.24) is 0 Å². The molecule has 4 aliphatic rings. The van der Waals surface area contributed by atoms with Gasteiger partial charge in [-0.25, -0.2) is 9.59 Å². The number of allylic oxidation sites excluding steroid dienone is 4. The molecule has 1 N–H and O–H groups in total. The van der Waals surface area contributed by atoms with Crippen molar-refractivity contribution in [1.29, 1.82) is 0 Å². The number of carbonyl (C=O) groups excluding carboxylic acids is 4. The van der Waals surface area contributed by atoms with E-state index in [1.165, 1.54) is 24.3 Å². The summed E-state index contributed by atoms with van der Waals surface area (Å²) in [6.07, 6.45) is 4.16. The summed E-state index contributed by atoms with van der Waals surface area (Å²) in [5.74, 6) is -1.07. The number of Topliss-reactive ketones (excluding diaryl/α,β-unsaturated/α-hetero) is 1. The van der Waals surface area contributed by atoms with Crippen molar-refractivity contribution in [2.24, 2.45) is 28.6 Å². The van der Waals surface area contributed by atoms with Crippen LogP contribution < -0.4 is 4.74 Å². The summed E-state index contributed by atoms with van der Waals surface area (Å²) in [5, 5.41) is 21.3. The van der Waals surface area contributed by atoms with Gasteiger partial charge in [-0.15, -0.1) is 10.1 Å². The maximum Gasteiger partial charge on any atom is 0.514 e. The van der Waals surface area contributed by atoms with Crippen molar-refractivity contribution < 1.29 is 53.2 Å². The van der Waals surface area contributed by atoms with Crippen LogP contribution in [0.3, 0.4) is 0 Å². The predicted molar refractivity (Wildman–Crippen MR) is 154 cm³/mol. The number of hydrogen-bond donors (Lipinski definition) is 1. The second-order valence-electron chi connectivity index (χ2n) is 12.6. The van der Waals surface area contributed by atoms with E-state index < -0.39 is 52.3 Å². The van der Waals surface area contributed by atoms with Crippen molar-refractivity contribution >= 4 is 23.9 Å². The van der Waals surface area contributed by atoms with Crippen LogP contribution in [0.25, 0.3) is 0 Å². The van der Waals surface area contributed by atoms with Gasteiger partial charge in [0.2, 0.25) is 5.78 Å². The molecule has 0 bridgehead atoms. The summed E-state index contributed by atoms with van der Waals surface area (Å²) in [5.41, 5.74) is -1.92. The van der Waals surface area contributed by atoms with Crippen molar-refractivity contribution in [2.45, 2.75) is 71.2 Å². The minimum absolute atomic E-state index is 0.0152.